The molecule has 1 aromatic rings. The minimum Gasteiger partial charge on any atom is -0.506 e. The average molecular weight is 249 g/mol. The number of rotatable bonds is 2. The molecule has 12 heavy (non-hydrogen) atoms. The summed E-state index contributed by atoms with van der Waals surface area (Å²) in [6.07, 6.45) is 3.54. The van der Waals surface area contributed by atoms with Gasteiger partial charge in [-0.25, -0.2) is 4.98 Å². The average Bonchev–Trinajstić information content (AvgIpc) is 2.07. The van der Waals surface area contributed by atoms with Gasteiger partial charge in [-0.05, 0) is 18.2 Å². The lowest BCUT2D eigenvalue weighted by Crippen LogP contribution is -1.82. The molecule has 0 amide bonds. The van der Waals surface area contributed by atoms with Crippen molar-refractivity contribution in [2.75, 3.05) is 5.33 Å². The van der Waals surface area contributed by atoms with E-state index in [2.05, 4.69) is 20.9 Å². The van der Waals surface area contributed by atoms with E-state index in [0.29, 0.717) is 10.8 Å². The van der Waals surface area contributed by atoms with Gasteiger partial charge in [0.25, 0.3) is 0 Å². The molecular formula is C8H7BrClNO. The van der Waals surface area contributed by atoms with Crippen LogP contribution in [0.2, 0.25) is 5.15 Å². The lowest BCUT2D eigenvalue weighted by atomic mass is 10.3. The van der Waals surface area contributed by atoms with Crippen LogP contribution in [-0.4, -0.2) is 15.4 Å². The van der Waals surface area contributed by atoms with Crippen molar-refractivity contribution in [3.05, 3.63) is 29.1 Å². The molecule has 1 aromatic heterocycles. The number of halogens is 2. The summed E-state index contributed by atoms with van der Waals surface area (Å²) in [5.41, 5.74) is 0.488. The molecule has 4 heteroatoms. The maximum atomic E-state index is 9.27. The van der Waals surface area contributed by atoms with Crippen molar-refractivity contribution in [3.63, 3.8) is 0 Å². The van der Waals surface area contributed by atoms with Crippen LogP contribution in [0.1, 0.15) is 5.69 Å². The highest BCUT2D eigenvalue weighted by Gasteiger charge is 1.98. The summed E-state index contributed by atoms with van der Waals surface area (Å²) >= 11 is 8.85. The molecule has 64 valence electrons. The lowest BCUT2D eigenvalue weighted by Gasteiger charge is -1.97. The van der Waals surface area contributed by atoms with E-state index in [1.165, 1.54) is 6.07 Å². The Kier molecular flexibility index (Phi) is 3.56. The second-order valence-electron chi connectivity index (χ2n) is 2.10. The van der Waals surface area contributed by atoms with Crippen LogP contribution in [0.15, 0.2) is 18.2 Å². The third-order valence-corrected chi connectivity index (χ3v) is 1.82. The third kappa shape index (κ3) is 2.50. The Morgan fingerprint density at radius 2 is 2.33 bits per heavy atom. The predicted molar refractivity (Wildman–Crippen MR) is 53.7 cm³/mol. The largest absolute Gasteiger partial charge is 0.506 e. The van der Waals surface area contributed by atoms with Gasteiger partial charge in [0.1, 0.15) is 16.6 Å². The molecule has 1 rings (SSSR count). The van der Waals surface area contributed by atoms with Gasteiger partial charge in [0.05, 0.1) is 0 Å². The van der Waals surface area contributed by atoms with E-state index in [4.69, 9.17) is 11.6 Å². The van der Waals surface area contributed by atoms with Crippen molar-refractivity contribution in [3.8, 4) is 5.75 Å². The number of allylic oxidation sites excluding steroid dienone is 1. The molecule has 0 saturated carbocycles. The summed E-state index contributed by atoms with van der Waals surface area (Å²) in [6, 6.07) is 3.06. The first kappa shape index (κ1) is 9.55. The molecule has 0 radical (unpaired) electrons. The van der Waals surface area contributed by atoms with Gasteiger partial charge in [-0.15, -0.1) is 0 Å². The summed E-state index contributed by atoms with van der Waals surface area (Å²) < 4.78 is 0. The van der Waals surface area contributed by atoms with Crippen LogP contribution in [-0.2, 0) is 0 Å². The van der Waals surface area contributed by atoms with Gasteiger partial charge in [0, 0.05) is 5.33 Å². The lowest BCUT2D eigenvalue weighted by molar-refractivity contribution is 0.471. The Labute approximate surface area is 84.0 Å². The van der Waals surface area contributed by atoms with Crippen LogP contribution < -0.4 is 0 Å². The fourth-order valence-electron chi connectivity index (χ4n) is 0.722. The fourth-order valence-corrected chi connectivity index (χ4v) is 1.06. The van der Waals surface area contributed by atoms with Crippen LogP contribution in [0.25, 0.3) is 6.08 Å². The minimum atomic E-state index is 0.136. The standard InChI is InChI=1S/C8H7BrClNO/c9-5-1-2-6-7(12)3-4-8(10)11-6/h1-4,12H,5H2. The first-order chi connectivity index (χ1) is 5.74. The molecule has 0 atom stereocenters. The second kappa shape index (κ2) is 4.48. The van der Waals surface area contributed by atoms with Crippen molar-refractivity contribution in [2.45, 2.75) is 0 Å². The number of nitrogens with zero attached hydrogens (tertiary/aromatic N) is 1. The van der Waals surface area contributed by atoms with Gasteiger partial charge in [0.15, 0.2) is 0 Å². The molecule has 1 N–H and O–H groups in total. The predicted octanol–water partition coefficient (Wildman–Crippen LogP) is 2.85. The molecule has 1 heterocycles. The molecule has 2 nitrogen and oxygen atoms in total. The van der Waals surface area contributed by atoms with E-state index in [9.17, 15) is 5.11 Å². The number of hydrogen-bond acceptors (Lipinski definition) is 2. The van der Waals surface area contributed by atoms with Crippen LogP contribution >= 0.6 is 27.5 Å². The Morgan fingerprint density at radius 3 is 3.00 bits per heavy atom. The normalized spacial score (nSPS) is 10.8. The van der Waals surface area contributed by atoms with Crippen molar-refractivity contribution in [1.29, 1.82) is 0 Å². The molecule has 0 aliphatic carbocycles. The van der Waals surface area contributed by atoms with E-state index < -0.39 is 0 Å². The van der Waals surface area contributed by atoms with Crippen molar-refractivity contribution in [1.82, 2.24) is 4.98 Å². The van der Waals surface area contributed by atoms with E-state index in [0.717, 1.165) is 5.33 Å². The molecule has 0 spiro atoms. The van der Waals surface area contributed by atoms with Crippen molar-refractivity contribution < 1.29 is 5.11 Å². The number of alkyl halides is 1. The van der Waals surface area contributed by atoms with E-state index in [1.807, 2.05) is 6.08 Å². The van der Waals surface area contributed by atoms with Crippen LogP contribution in [0.5, 0.6) is 5.75 Å². The molecule has 0 fully saturated rings. The van der Waals surface area contributed by atoms with Gasteiger partial charge < -0.3 is 5.11 Å². The number of hydrogen-bond donors (Lipinski definition) is 1. The van der Waals surface area contributed by atoms with Gasteiger partial charge in [-0.2, -0.15) is 0 Å². The Balaban J connectivity index is 2.97. The Hall–Kier alpha value is -0.540. The fraction of sp³-hybridized carbons (Fsp3) is 0.125. The third-order valence-electron chi connectivity index (χ3n) is 1.23. The molecule has 0 saturated heterocycles. The minimum absolute atomic E-state index is 0.136. The molecule has 0 unspecified atom stereocenters. The highest BCUT2D eigenvalue weighted by atomic mass is 79.9. The SMILES string of the molecule is Oc1ccc(Cl)nc1C=CCBr. The zero-order valence-electron chi connectivity index (χ0n) is 6.17. The molecule has 0 aliphatic heterocycles. The number of aromatic nitrogens is 1. The molecule has 0 bridgehead atoms. The first-order valence-electron chi connectivity index (χ1n) is 3.32. The van der Waals surface area contributed by atoms with Crippen LogP contribution in [0, 0.1) is 0 Å². The van der Waals surface area contributed by atoms with Crippen LogP contribution in [0.4, 0.5) is 0 Å². The highest BCUT2D eigenvalue weighted by Crippen LogP contribution is 2.18. The topological polar surface area (TPSA) is 33.1 Å². The van der Waals surface area contributed by atoms with Gasteiger partial charge in [-0.1, -0.05) is 33.6 Å². The van der Waals surface area contributed by atoms with E-state index in [-0.39, 0.29) is 5.75 Å². The summed E-state index contributed by atoms with van der Waals surface area (Å²) in [6.45, 7) is 0. The van der Waals surface area contributed by atoms with Crippen molar-refractivity contribution in [2.24, 2.45) is 0 Å². The second-order valence-corrected chi connectivity index (χ2v) is 3.13. The Morgan fingerprint density at radius 1 is 1.58 bits per heavy atom. The first-order valence-corrected chi connectivity index (χ1v) is 4.82. The maximum absolute atomic E-state index is 9.27. The number of pyridine rings is 1. The molecule has 0 aromatic carbocycles. The maximum Gasteiger partial charge on any atom is 0.141 e. The van der Waals surface area contributed by atoms with E-state index >= 15 is 0 Å². The van der Waals surface area contributed by atoms with Gasteiger partial charge >= 0.3 is 0 Å². The highest BCUT2D eigenvalue weighted by molar-refractivity contribution is 9.09. The Bertz CT molecular complexity index is 301. The van der Waals surface area contributed by atoms with E-state index in [1.54, 1.807) is 12.1 Å². The van der Waals surface area contributed by atoms with Gasteiger partial charge in [-0.3, -0.25) is 0 Å². The molecular weight excluding hydrogens is 241 g/mol. The monoisotopic (exact) mass is 247 g/mol. The smallest absolute Gasteiger partial charge is 0.141 e. The van der Waals surface area contributed by atoms with Crippen molar-refractivity contribution >= 4 is 33.6 Å². The summed E-state index contributed by atoms with van der Waals surface area (Å²) in [5.74, 6) is 0.136. The summed E-state index contributed by atoms with van der Waals surface area (Å²) in [5, 5.41) is 10.4. The van der Waals surface area contributed by atoms with Crippen LogP contribution in [0.3, 0.4) is 0 Å². The number of aromatic hydroxyl groups is 1. The van der Waals surface area contributed by atoms with Gasteiger partial charge in [0.2, 0.25) is 0 Å². The summed E-state index contributed by atoms with van der Waals surface area (Å²) in [7, 11) is 0. The summed E-state index contributed by atoms with van der Waals surface area (Å²) in [4.78, 5) is 3.92. The zero-order chi connectivity index (χ0) is 8.97. The zero-order valence-corrected chi connectivity index (χ0v) is 8.51. The molecule has 0 aliphatic rings. The quantitative estimate of drug-likeness (QED) is 0.645.